The van der Waals surface area contributed by atoms with Crippen LogP contribution in [-0.2, 0) is 6.42 Å². The number of alkyl halides is 3. The van der Waals surface area contributed by atoms with E-state index in [-0.39, 0.29) is 0 Å². The number of ether oxygens (including phenoxy) is 1. The first kappa shape index (κ1) is 14.8. The number of nitrogens with one attached hydrogen (secondary N) is 1. The zero-order chi connectivity index (χ0) is 13.8. The molecule has 1 aromatic carbocycles. The van der Waals surface area contributed by atoms with Crippen molar-refractivity contribution in [3.8, 4) is 5.75 Å². The first-order chi connectivity index (χ1) is 8.33. The summed E-state index contributed by atoms with van der Waals surface area (Å²) in [7, 11) is 1.60. The lowest BCUT2D eigenvalue weighted by Gasteiger charge is -2.12. The molecule has 0 radical (unpaired) electrons. The highest BCUT2D eigenvalue weighted by atomic mass is 19.4. The summed E-state index contributed by atoms with van der Waals surface area (Å²) < 4.78 is 41.0. The Morgan fingerprint density at radius 3 is 2.39 bits per heavy atom. The minimum absolute atomic E-state index is 0.312. The predicted octanol–water partition coefficient (Wildman–Crippen LogP) is 3.01. The third-order valence-electron chi connectivity index (χ3n) is 2.75. The van der Waals surface area contributed by atoms with Crippen LogP contribution in [0.3, 0.4) is 0 Å². The van der Waals surface area contributed by atoms with Gasteiger partial charge in [-0.15, -0.1) is 0 Å². The molecular weight excluding hydrogens is 243 g/mol. The van der Waals surface area contributed by atoms with E-state index in [1.807, 2.05) is 26.0 Å². The van der Waals surface area contributed by atoms with Gasteiger partial charge in [0, 0.05) is 0 Å². The molecule has 0 fully saturated rings. The first-order valence-electron chi connectivity index (χ1n) is 5.75. The summed E-state index contributed by atoms with van der Waals surface area (Å²) in [6.45, 7) is 3.22. The van der Waals surface area contributed by atoms with Crippen LogP contribution < -0.4 is 10.1 Å². The molecule has 102 valence electrons. The van der Waals surface area contributed by atoms with Crippen LogP contribution in [-0.4, -0.2) is 26.4 Å². The monoisotopic (exact) mass is 261 g/mol. The van der Waals surface area contributed by atoms with Crippen molar-refractivity contribution in [2.75, 3.05) is 20.2 Å². The van der Waals surface area contributed by atoms with E-state index in [1.54, 1.807) is 7.11 Å². The highest BCUT2D eigenvalue weighted by molar-refractivity contribution is 5.41. The first-order valence-corrected chi connectivity index (χ1v) is 5.75. The van der Waals surface area contributed by atoms with E-state index in [0.717, 1.165) is 22.4 Å². The molecule has 0 saturated carbocycles. The second-order valence-corrected chi connectivity index (χ2v) is 4.29. The number of aryl methyl sites for hydroxylation is 2. The van der Waals surface area contributed by atoms with E-state index in [1.165, 1.54) is 0 Å². The molecule has 0 unspecified atom stereocenters. The van der Waals surface area contributed by atoms with Crippen molar-refractivity contribution in [3.63, 3.8) is 0 Å². The second kappa shape index (κ2) is 6.09. The van der Waals surface area contributed by atoms with E-state index >= 15 is 0 Å². The fourth-order valence-corrected chi connectivity index (χ4v) is 1.79. The number of methoxy groups -OCH3 is 1. The van der Waals surface area contributed by atoms with Gasteiger partial charge < -0.3 is 10.1 Å². The van der Waals surface area contributed by atoms with E-state index in [9.17, 15) is 13.2 Å². The molecule has 0 aliphatic rings. The van der Waals surface area contributed by atoms with Gasteiger partial charge >= 0.3 is 6.18 Å². The maximum absolute atomic E-state index is 11.9. The average molecular weight is 261 g/mol. The normalized spacial score (nSPS) is 11.7. The van der Waals surface area contributed by atoms with Crippen molar-refractivity contribution in [2.24, 2.45) is 0 Å². The van der Waals surface area contributed by atoms with Gasteiger partial charge in [-0.05, 0) is 49.6 Å². The average Bonchev–Trinajstić information content (AvgIpc) is 2.27. The standard InChI is InChI=1S/C13H18F3NO/c1-9-7-12(18-3)10(2)6-11(9)4-5-17-8-13(14,15)16/h6-7,17H,4-5,8H2,1-3H3. The topological polar surface area (TPSA) is 21.3 Å². The largest absolute Gasteiger partial charge is 0.496 e. The molecule has 0 saturated heterocycles. The fourth-order valence-electron chi connectivity index (χ4n) is 1.79. The molecule has 1 N–H and O–H groups in total. The van der Waals surface area contributed by atoms with Crippen molar-refractivity contribution in [3.05, 3.63) is 28.8 Å². The van der Waals surface area contributed by atoms with Crippen molar-refractivity contribution < 1.29 is 17.9 Å². The maximum Gasteiger partial charge on any atom is 0.401 e. The number of benzene rings is 1. The molecule has 0 atom stereocenters. The third kappa shape index (κ3) is 4.56. The number of hydrogen-bond donors (Lipinski definition) is 1. The smallest absolute Gasteiger partial charge is 0.401 e. The van der Waals surface area contributed by atoms with Gasteiger partial charge in [0.1, 0.15) is 5.75 Å². The third-order valence-corrected chi connectivity index (χ3v) is 2.75. The molecule has 0 bridgehead atoms. The Kier molecular flexibility index (Phi) is 5.02. The van der Waals surface area contributed by atoms with Gasteiger partial charge in [0.25, 0.3) is 0 Å². The van der Waals surface area contributed by atoms with Gasteiger partial charge in [-0.25, -0.2) is 0 Å². The molecule has 5 heteroatoms. The van der Waals surface area contributed by atoms with Crippen molar-refractivity contribution >= 4 is 0 Å². The maximum atomic E-state index is 11.9. The van der Waals surface area contributed by atoms with Crippen LogP contribution in [0.15, 0.2) is 12.1 Å². The molecule has 0 aromatic heterocycles. The molecule has 0 amide bonds. The lowest BCUT2D eigenvalue weighted by Crippen LogP contribution is -2.30. The molecule has 1 aromatic rings. The van der Waals surface area contributed by atoms with Crippen molar-refractivity contribution in [2.45, 2.75) is 26.4 Å². The van der Waals surface area contributed by atoms with Crippen molar-refractivity contribution in [1.82, 2.24) is 5.32 Å². The Labute approximate surface area is 105 Å². The second-order valence-electron chi connectivity index (χ2n) is 4.29. The summed E-state index contributed by atoms with van der Waals surface area (Å²) >= 11 is 0. The van der Waals surface area contributed by atoms with Gasteiger partial charge in [-0.1, -0.05) is 6.07 Å². The van der Waals surface area contributed by atoms with E-state index < -0.39 is 12.7 Å². The molecule has 2 nitrogen and oxygen atoms in total. The molecular formula is C13H18F3NO. The van der Waals surface area contributed by atoms with Crippen LogP contribution in [0, 0.1) is 13.8 Å². The molecule has 0 aliphatic heterocycles. The van der Waals surface area contributed by atoms with E-state index in [0.29, 0.717) is 13.0 Å². The van der Waals surface area contributed by atoms with Crippen LogP contribution in [0.1, 0.15) is 16.7 Å². The van der Waals surface area contributed by atoms with Gasteiger partial charge in [0.15, 0.2) is 0 Å². The molecule has 0 spiro atoms. The SMILES string of the molecule is COc1cc(C)c(CCNCC(F)(F)F)cc1C. The highest BCUT2D eigenvalue weighted by Gasteiger charge is 2.25. The van der Waals surface area contributed by atoms with E-state index in [4.69, 9.17) is 4.74 Å². The minimum atomic E-state index is -4.15. The fraction of sp³-hybridized carbons (Fsp3) is 0.538. The minimum Gasteiger partial charge on any atom is -0.496 e. The van der Waals surface area contributed by atoms with Gasteiger partial charge in [-0.2, -0.15) is 13.2 Å². The van der Waals surface area contributed by atoms with Crippen LogP contribution in [0.2, 0.25) is 0 Å². The van der Waals surface area contributed by atoms with Gasteiger partial charge in [0.05, 0.1) is 13.7 Å². The quantitative estimate of drug-likeness (QED) is 0.823. The summed E-state index contributed by atoms with van der Waals surface area (Å²) in [4.78, 5) is 0. The Morgan fingerprint density at radius 1 is 1.17 bits per heavy atom. The van der Waals surface area contributed by atoms with Gasteiger partial charge in [0.2, 0.25) is 0 Å². The lowest BCUT2D eigenvalue weighted by molar-refractivity contribution is -0.124. The zero-order valence-electron chi connectivity index (χ0n) is 10.8. The predicted molar refractivity (Wildman–Crippen MR) is 65.1 cm³/mol. The summed E-state index contributed by atoms with van der Waals surface area (Å²) in [5.74, 6) is 0.805. The number of halogens is 3. The van der Waals surface area contributed by atoms with Crippen LogP contribution in [0.4, 0.5) is 13.2 Å². The number of hydrogen-bond acceptors (Lipinski definition) is 2. The Bertz CT molecular complexity index is 402. The summed E-state index contributed by atoms with van der Waals surface area (Å²) in [5.41, 5.74) is 3.07. The zero-order valence-corrected chi connectivity index (χ0v) is 10.8. The van der Waals surface area contributed by atoms with E-state index in [2.05, 4.69) is 5.32 Å². The molecule has 0 heterocycles. The summed E-state index contributed by atoms with van der Waals surface area (Å²) in [6.07, 6.45) is -3.57. The van der Waals surface area contributed by atoms with Crippen LogP contribution in [0.5, 0.6) is 5.75 Å². The van der Waals surface area contributed by atoms with Crippen LogP contribution >= 0.6 is 0 Å². The molecule has 1 rings (SSSR count). The van der Waals surface area contributed by atoms with Gasteiger partial charge in [-0.3, -0.25) is 0 Å². The Balaban J connectivity index is 2.55. The summed E-state index contributed by atoms with van der Waals surface area (Å²) in [6, 6.07) is 3.87. The van der Waals surface area contributed by atoms with Crippen LogP contribution in [0.25, 0.3) is 0 Å². The summed E-state index contributed by atoms with van der Waals surface area (Å²) in [5, 5.41) is 2.39. The lowest BCUT2D eigenvalue weighted by atomic mass is 10.0. The number of rotatable bonds is 5. The molecule has 18 heavy (non-hydrogen) atoms. The Morgan fingerprint density at radius 2 is 1.83 bits per heavy atom. The molecule has 0 aliphatic carbocycles. The Hall–Kier alpha value is -1.23. The van der Waals surface area contributed by atoms with Crippen molar-refractivity contribution in [1.29, 1.82) is 0 Å². The highest BCUT2D eigenvalue weighted by Crippen LogP contribution is 2.22.